The molecule has 1 aromatic carbocycles. The Hall–Kier alpha value is -0.870. The molecule has 82 valence electrons. The third-order valence-electron chi connectivity index (χ3n) is 2.05. The van der Waals surface area contributed by atoms with Gasteiger partial charge in [-0.2, -0.15) is 0 Å². The van der Waals surface area contributed by atoms with Crippen LogP contribution in [0.4, 0.5) is 0 Å². The van der Waals surface area contributed by atoms with E-state index in [0.717, 1.165) is 16.6 Å². The summed E-state index contributed by atoms with van der Waals surface area (Å²) in [4.78, 5) is 11.5. The largest absolute Gasteiger partial charge is 0.468 e. The number of ether oxygens (including phenoxy) is 1. The summed E-state index contributed by atoms with van der Waals surface area (Å²) in [7, 11) is 1.39. The first kappa shape index (κ1) is 12.2. The molecule has 0 bridgehead atoms. The summed E-state index contributed by atoms with van der Waals surface area (Å²) in [5, 5.41) is 3.08. The minimum absolute atomic E-state index is 0.265. The molecule has 1 N–H and O–H groups in total. The molecule has 0 spiro atoms. The topological polar surface area (TPSA) is 38.3 Å². The van der Waals surface area contributed by atoms with Crippen LogP contribution in [-0.2, 0) is 9.53 Å². The number of nitrogens with one attached hydrogen (secondary N) is 1. The van der Waals surface area contributed by atoms with Crippen molar-refractivity contribution >= 4 is 21.9 Å². The molecule has 0 aliphatic heterocycles. The van der Waals surface area contributed by atoms with E-state index in [-0.39, 0.29) is 12.0 Å². The maximum atomic E-state index is 11.5. The van der Waals surface area contributed by atoms with Gasteiger partial charge in [0.25, 0.3) is 0 Å². The Morgan fingerprint density at radius 1 is 1.47 bits per heavy atom. The lowest BCUT2D eigenvalue weighted by Gasteiger charge is -2.15. The minimum Gasteiger partial charge on any atom is -0.468 e. The predicted molar refractivity (Wildman–Crippen MR) is 62.6 cm³/mol. The molecule has 0 aromatic heterocycles. The van der Waals surface area contributed by atoms with Gasteiger partial charge in [0.2, 0.25) is 0 Å². The van der Waals surface area contributed by atoms with Gasteiger partial charge in [-0.15, -0.1) is 0 Å². The number of methoxy groups -OCH3 is 1. The van der Waals surface area contributed by atoms with Crippen molar-refractivity contribution in [1.29, 1.82) is 0 Å². The Labute approximate surface area is 97.9 Å². The average molecular weight is 272 g/mol. The van der Waals surface area contributed by atoms with E-state index in [1.807, 2.05) is 31.2 Å². The zero-order valence-corrected chi connectivity index (χ0v) is 10.4. The molecular formula is C11H14BrNO2. The second-order valence-corrected chi connectivity index (χ2v) is 3.98. The molecule has 4 heteroatoms. The highest BCUT2D eigenvalue weighted by Gasteiger charge is 2.19. The second kappa shape index (κ2) is 5.88. The van der Waals surface area contributed by atoms with Gasteiger partial charge in [0.15, 0.2) is 0 Å². The van der Waals surface area contributed by atoms with Crippen molar-refractivity contribution in [3.63, 3.8) is 0 Å². The van der Waals surface area contributed by atoms with Crippen LogP contribution in [-0.4, -0.2) is 19.6 Å². The summed E-state index contributed by atoms with van der Waals surface area (Å²) in [5.41, 5.74) is 0.909. The van der Waals surface area contributed by atoms with Crippen molar-refractivity contribution in [3.8, 4) is 0 Å². The maximum Gasteiger partial charge on any atom is 0.327 e. The number of halogens is 1. The molecule has 0 aliphatic rings. The second-order valence-electron chi connectivity index (χ2n) is 3.07. The van der Waals surface area contributed by atoms with Crippen LogP contribution < -0.4 is 5.32 Å². The smallest absolute Gasteiger partial charge is 0.327 e. The monoisotopic (exact) mass is 271 g/mol. The first-order valence-electron chi connectivity index (χ1n) is 4.75. The average Bonchev–Trinajstić information content (AvgIpc) is 2.26. The first-order valence-corrected chi connectivity index (χ1v) is 5.55. The number of benzene rings is 1. The molecule has 0 amide bonds. The van der Waals surface area contributed by atoms with Gasteiger partial charge in [-0.25, -0.2) is 4.79 Å². The van der Waals surface area contributed by atoms with Gasteiger partial charge in [0, 0.05) is 4.47 Å². The normalized spacial score (nSPS) is 12.2. The molecule has 0 fully saturated rings. The van der Waals surface area contributed by atoms with E-state index in [1.54, 1.807) is 0 Å². The van der Waals surface area contributed by atoms with Crippen molar-refractivity contribution in [2.45, 2.75) is 13.0 Å². The van der Waals surface area contributed by atoms with Gasteiger partial charge < -0.3 is 10.1 Å². The highest BCUT2D eigenvalue weighted by Crippen LogP contribution is 2.17. The zero-order valence-electron chi connectivity index (χ0n) is 8.79. The van der Waals surface area contributed by atoms with E-state index in [9.17, 15) is 4.79 Å². The van der Waals surface area contributed by atoms with E-state index in [0.29, 0.717) is 0 Å². The number of likely N-dealkylation sites (N-methyl/N-ethyl adjacent to an activating group) is 1. The lowest BCUT2D eigenvalue weighted by atomic mass is 10.1. The van der Waals surface area contributed by atoms with Crippen molar-refractivity contribution in [1.82, 2.24) is 5.32 Å². The van der Waals surface area contributed by atoms with E-state index in [4.69, 9.17) is 4.74 Å². The first-order chi connectivity index (χ1) is 7.19. The molecule has 1 atom stereocenters. The maximum absolute atomic E-state index is 11.5. The van der Waals surface area contributed by atoms with Gasteiger partial charge >= 0.3 is 5.97 Å². The number of hydrogen-bond acceptors (Lipinski definition) is 3. The minimum atomic E-state index is -0.381. The summed E-state index contributed by atoms with van der Waals surface area (Å²) in [6.45, 7) is 2.67. The number of carbonyl (C=O) groups excluding carboxylic acids is 1. The molecule has 15 heavy (non-hydrogen) atoms. The molecule has 0 radical (unpaired) electrons. The van der Waals surface area contributed by atoms with E-state index >= 15 is 0 Å². The standard InChI is InChI=1S/C11H14BrNO2/c1-3-13-10(11(14)15-2)8-4-6-9(12)7-5-8/h4-7,10,13H,3H2,1-2H3. The molecule has 0 aliphatic carbocycles. The molecule has 1 unspecified atom stereocenters. The fourth-order valence-electron chi connectivity index (χ4n) is 1.31. The molecular weight excluding hydrogens is 258 g/mol. The molecule has 3 nitrogen and oxygen atoms in total. The zero-order chi connectivity index (χ0) is 11.3. The van der Waals surface area contributed by atoms with Gasteiger partial charge in [-0.3, -0.25) is 0 Å². The lowest BCUT2D eigenvalue weighted by Crippen LogP contribution is -2.29. The third kappa shape index (κ3) is 3.32. The van der Waals surface area contributed by atoms with Crippen LogP contribution in [0.1, 0.15) is 18.5 Å². The Kier molecular flexibility index (Phi) is 4.78. The van der Waals surface area contributed by atoms with E-state index in [2.05, 4.69) is 21.2 Å². The van der Waals surface area contributed by atoms with Gasteiger partial charge in [0.1, 0.15) is 6.04 Å². The van der Waals surface area contributed by atoms with Crippen molar-refractivity contribution in [3.05, 3.63) is 34.3 Å². The number of rotatable bonds is 4. The van der Waals surface area contributed by atoms with Crippen molar-refractivity contribution < 1.29 is 9.53 Å². The van der Waals surface area contributed by atoms with Crippen LogP contribution in [0.25, 0.3) is 0 Å². The Balaban J connectivity index is 2.88. The summed E-state index contributed by atoms with van der Waals surface area (Å²) >= 11 is 3.35. The molecule has 0 saturated carbocycles. The van der Waals surface area contributed by atoms with Crippen molar-refractivity contribution in [2.75, 3.05) is 13.7 Å². The third-order valence-corrected chi connectivity index (χ3v) is 2.58. The molecule has 0 saturated heterocycles. The quantitative estimate of drug-likeness (QED) is 0.854. The van der Waals surface area contributed by atoms with Crippen LogP contribution in [0.15, 0.2) is 28.7 Å². The summed E-state index contributed by atoms with van der Waals surface area (Å²) in [6, 6.07) is 7.22. The van der Waals surface area contributed by atoms with Crippen molar-refractivity contribution in [2.24, 2.45) is 0 Å². The Bertz CT molecular complexity index is 324. The van der Waals surface area contributed by atoms with Crippen LogP contribution in [0, 0.1) is 0 Å². The summed E-state index contributed by atoms with van der Waals surface area (Å²) in [5.74, 6) is -0.265. The Morgan fingerprint density at radius 3 is 2.53 bits per heavy atom. The van der Waals surface area contributed by atoms with Crippen LogP contribution >= 0.6 is 15.9 Å². The van der Waals surface area contributed by atoms with Crippen LogP contribution in [0.5, 0.6) is 0 Å². The molecule has 0 heterocycles. The highest BCUT2D eigenvalue weighted by atomic mass is 79.9. The lowest BCUT2D eigenvalue weighted by molar-refractivity contribution is -0.143. The molecule has 1 aromatic rings. The van der Waals surface area contributed by atoms with Gasteiger partial charge in [-0.1, -0.05) is 35.0 Å². The van der Waals surface area contributed by atoms with E-state index < -0.39 is 0 Å². The van der Waals surface area contributed by atoms with Gasteiger partial charge in [-0.05, 0) is 24.2 Å². The van der Waals surface area contributed by atoms with Crippen LogP contribution in [0.3, 0.4) is 0 Å². The number of hydrogen-bond donors (Lipinski definition) is 1. The summed E-state index contributed by atoms with van der Waals surface area (Å²) < 4.78 is 5.73. The predicted octanol–water partition coefficient (Wildman–Crippen LogP) is 2.27. The summed E-state index contributed by atoms with van der Waals surface area (Å²) in [6.07, 6.45) is 0. The van der Waals surface area contributed by atoms with Crippen LogP contribution in [0.2, 0.25) is 0 Å². The van der Waals surface area contributed by atoms with Gasteiger partial charge in [0.05, 0.1) is 7.11 Å². The number of esters is 1. The van der Waals surface area contributed by atoms with E-state index in [1.165, 1.54) is 7.11 Å². The Morgan fingerprint density at radius 2 is 2.07 bits per heavy atom. The molecule has 1 rings (SSSR count). The fourth-order valence-corrected chi connectivity index (χ4v) is 1.58. The SMILES string of the molecule is CCNC(C(=O)OC)c1ccc(Br)cc1. The number of carbonyl (C=O) groups is 1. The highest BCUT2D eigenvalue weighted by molar-refractivity contribution is 9.10. The fraction of sp³-hybridized carbons (Fsp3) is 0.364.